The minimum absolute atomic E-state index is 0.0143. The van der Waals surface area contributed by atoms with Crippen molar-refractivity contribution < 1.29 is 22.8 Å². The van der Waals surface area contributed by atoms with Crippen LogP contribution in [0, 0.1) is 5.92 Å². The summed E-state index contributed by atoms with van der Waals surface area (Å²) in [6.45, 7) is 4.54. The van der Waals surface area contributed by atoms with Crippen molar-refractivity contribution in [3.63, 3.8) is 0 Å². The quantitative estimate of drug-likeness (QED) is 0.678. The highest BCUT2D eigenvalue weighted by molar-refractivity contribution is 8.18. The lowest BCUT2D eigenvalue weighted by Crippen LogP contribution is -2.29. The van der Waals surface area contributed by atoms with Gasteiger partial charge in [0, 0.05) is 37.5 Å². The van der Waals surface area contributed by atoms with Gasteiger partial charge in [0.2, 0.25) is 0 Å². The van der Waals surface area contributed by atoms with Gasteiger partial charge in [0.1, 0.15) is 0 Å². The molecule has 0 spiro atoms. The average molecular weight is 447 g/mol. The minimum atomic E-state index is -4.57. The summed E-state index contributed by atoms with van der Waals surface area (Å²) in [5.74, 6) is -0.565. The summed E-state index contributed by atoms with van der Waals surface area (Å²) in [4.78, 5) is 26.8. The van der Waals surface area contributed by atoms with Crippen LogP contribution in [0.3, 0.4) is 0 Å². The number of hydrogen-bond acceptors (Lipinski definition) is 5. The number of nitrogens with one attached hydrogen (secondary N) is 1. The first-order valence-corrected chi connectivity index (χ1v) is 10.7. The van der Waals surface area contributed by atoms with Gasteiger partial charge < -0.3 is 10.2 Å². The lowest BCUT2D eigenvalue weighted by atomic mass is 9.99. The van der Waals surface area contributed by atoms with Gasteiger partial charge in [0.25, 0.3) is 0 Å². The number of hydrogen-bond donors (Lipinski definition) is 1. The van der Waals surface area contributed by atoms with Gasteiger partial charge in [-0.25, -0.2) is 0 Å². The van der Waals surface area contributed by atoms with Gasteiger partial charge in [-0.15, -0.1) is 0 Å². The number of carbonyl (C=O) groups excluding carboxylic acids is 2. The molecule has 2 heterocycles. The van der Waals surface area contributed by atoms with Crippen LogP contribution in [0.4, 0.5) is 18.9 Å². The van der Waals surface area contributed by atoms with Crippen LogP contribution in [0.1, 0.15) is 37.3 Å². The summed E-state index contributed by atoms with van der Waals surface area (Å²) in [5.41, 5.74) is -0.197. The van der Waals surface area contributed by atoms with Crippen LogP contribution in [-0.2, 0) is 15.8 Å². The number of allylic oxidation sites excluding steroid dienone is 1. The van der Waals surface area contributed by atoms with Crippen LogP contribution in [0.15, 0.2) is 17.0 Å². The zero-order chi connectivity index (χ0) is 21.2. The molecule has 0 aromatic heterocycles. The maximum Gasteiger partial charge on any atom is 0.416 e. The second-order valence-corrected chi connectivity index (χ2v) is 8.60. The van der Waals surface area contributed by atoms with Crippen LogP contribution in [0.2, 0.25) is 5.02 Å². The van der Waals surface area contributed by atoms with E-state index in [-0.39, 0.29) is 38.7 Å². The zero-order valence-electron chi connectivity index (χ0n) is 15.9. The molecule has 0 saturated carbocycles. The van der Waals surface area contributed by atoms with Crippen LogP contribution in [-0.4, -0.2) is 37.1 Å². The highest BCUT2D eigenvalue weighted by Crippen LogP contribution is 2.41. The Labute approximate surface area is 176 Å². The third-order valence-corrected chi connectivity index (χ3v) is 6.49. The molecule has 2 aliphatic heterocycles. The lowest BCUT2D eigenvalue weighted by Gasteiger charge is -2.27. The van der Waals surface area contributed by atoms with E-state index in [1.807, 2.05) is 11.8 Å². The molecule has 1 aromatic rings. The maximum absolute atomic E-state index is 13.4. The predicted octanol–water partition coefficient (Wildman–Crippen LogP) is 4.76. The molecule has 2 fully saturated rings. The van der Waals surface area contributed by atoms with E-state index in [4.69, 9.17) is 11.6 Å². The number of ketones is 1. The second-order valence-electron chi connectivity index (χ2n) is 7.15. The van der Waals surface area contributed by atoms with Crippen molar-refractivity contribution in [1.82, 2.24) is 5.32 Å². The third-order valence-electron chi connectivity index (χ3n) is 5.11. The molecule has 0 amide bonds. The SMILES string of the molecule is CCC1CC(=O)C(=Cc2cc(C(F)(F)F)cc(Cl)c2N2CCCNCC2)SC1=O. The monoisotopic (exact) mass is 446 g/mol. The Bertz CT molecular complexity index is 834. The number of thioether (sulfide) groups is 1. The van der Waals surface area contributed by atoms with Crippen LogP contribution >= 0.6 is 23.4 Å². The highest BCUT2D eigenvalue weighted by atomic mass is 35.5. The minimum Gasteiger partial charge on any atom is -0.369 e. The normalized spacial score (nSPS) is 22.9. The van der Waals surface area contributed by atoms with Gasteiger partial charge in [-0.2, -0.15) is 13.2 Å². The summed E-state index contributed by atoms with van der Waals surface area (Å²) in [6, 6.07) is 1.93. The number of Topliss-reactive ketones (excluding diaryl/α,β-unsaturated/α-hetero) is 1. The fourth-order valence-corrected chi connectivity index (χ4v) is 4.88. The van der Waals surface area contributed by atoms with Gasteiger partial charge >= 0.3 is 6.18 Å². The number of benzene rings is 1. The van der Waals surface area contributed by atoms with E-state index in [2.05, 4.69) is 5.32 Å². The average Bonchev–Trinajstić information content (AvgIpc) is 2.92. The Morgan fingerprint density at radius 2 is 2.03 bits per heavy atom. The van der Waals surface area contributed by atoms with E-state index in [1.165, 1.54) is 6.08 Å². The van der Waals surface area contributed by atoms with Crippen LogP contribution in [0.25, 0.3) is 6.08 Å². The summed E-state index contributed by atoms with van der Waals surface area (Å²) in [5, 5.41) is 3.10. The maximum atomic E-state index is 13.4. The number of anilines is 1. The number of alkyl halides is 3. The number of carbonyl (C=O) groups is 2. The van der Waals surface area contributed by atoms with Crippen molar-refractivity contribution in [1.29, 1.82) is 0 Å². The largest absolute Gasteiger partial charge is 0.416 e. The Morgan fingerprint density at radius 1 is 1.28 bits per heavy atom. The molecule has 0 radical (unpaired) electrons. The Kier molecular flexibility index (Phi) is 6.96. The molecule has 1 aromatic carbocycles. The summed E-state index contributed by atoms with van der Waals surface area (Å²) < 4.78 is 40.1. The molecule has 1 unspecified atom stereocenters. The van der Waals surface area contributed by atoms with Crippen molar-refractivity contribution in [2.75, 3.05) is 31.1 Å². The third kappa shape index (κ3) is 5.16. The Hall–Kier alpha value is -1.51. The summed E-state index contributed by atoms with van der Waals surface area (Å²) >= 11 is 7.12. The molecule has 2 aliphatic rings. The first-order chi connectivity index (χ1) is 13.7. The zero-order valence-corrected chi connectivity index (χ0v) is 17.5. The molecule has 0 aliphatic carbocycles. The fraction of sp³-hybridized carbons (Fsp3) is 0.500. The summed E-state index contributed by atoms with van der Waals surface area (Å²) in [6.07, 6.45) is -1.71. The van der Waals surface area contributed by atoms with Gasteiger partial charge in [-0.3, -0.25) is 9.59 Å². The first-order valence-electron chi connectivity index (χ1n) is 9.53. The van der Waals surface area contributed by atoms with Crippen LogP contribution < -0.4 is 10.2 Å². The number of rotatable bonds is 3. The van der Waals surface area contributed by atoms with Crippen molar-refractivity contribution in [2.45, 2.75) is 32.4 Å². The van der Waals surface area contributed by atoms with Crippen molar-refractivity contribution in [2.24, 2.45) is 5.92 Å². The van der Waals surface area contributed by atoms with E-state index in [0.717, 1.165) is 36.9 Å². The molecule has 4 nitrogen and oxygen atoms in total. The lowest BCUT2D eigenvalue weighted by molar-refractivity contribution is -0.137. The summed E-state index contributed by atoms with van der Waals surface area (Å²) in [7, 11) is 0. The molecule has 2 saturated heterocycles. The topological polar surface area (TPSA) is 49.4 Å². The van der Waals surface area contributed by atoms with E-state index in [9.17, 15) is 22.8 Å². The van der Waals surface area contributed by atoms with E-state index >= 15 is 0 Å². The molecular formula is C20H22ClF3N2O2S. The van der Waals surface area contributed by atoms with E-state index in [0.29, 0.717) is 31.7 Å². The molecule has 3 rings (SSSR count). The standard InChI is InChI=1S/C20H22ClF3N2O2S/c1-2-12-9-16(27)17(29-19(12)28)10-13-8-14(20(22,23)24)11-15(21)18(13)26-6-3-4-25-5-7-26/h8,10-12,25H,2-7,9H2,1H3. The van der Waals surface area contributed by atoms with E-state index < -0.39 is 11.7 Å². The van der Waals surface area contributed by atoms with Gasteiger partial charge in [0.15, 0.2) is 10.9 Å². The first kappa shape index (κ1) is 22.2. The molecule has 0 bridgehead atoms. The molecule has 29 heavy (non-hydrogen) atoms. The number of nitrogens with zero attached hydrogens (tertiary/aromatic N) is 1. The molecule has 1 N–H and O–H groups in total. The Morgan fingerprint density at radius 3 is 2.72 bits per heavy atom. The molecular weight excluding hydrogens is 425 g/mol. The van der Waals surface area contributed by atoms with Crippen molar-refractivity contribution in [3.05, 3.63) is 33.2 Å². The highest BCUT2D eigenvalue weighted by Gasteiger charge is 2.34. The molecule has 9 heteroatoms. The van der Waals surface area contributed by atoms with Gasteiger partial charge in [0.05, 0.1) is 21.2 Å². The van der Waals surface area contributed by atoms with Crippen LogP contribution in [0.5, 0.6) is 0 Å². The van der Waals surface area contributed by atoms with Crippen molar-refractivity contribution >= 4 is 46.0 Å². The number of halogens is 4. The Balaban J connectivity index is 2.08. The van der Waals surface area contributed by atoms with Gasteiger partial charge in [-0.1, -0.05) is 18.5 Å². The predicted molar refractivity (Wildman–Crippen MR) is 110 cm³/mol. The molecule has 158 valence electrons. The smallest absolute Gasteiger partial charge is 0.369 e. The van der Waals surface area contributed by atoms with Crippen molar-refractivity contribution in [3.8, 4) is 0 Å². The second kappa shape index (κ2) is 9.10. The van der Waals surface area contributed by atoms with Gasteiger partial charge in [-0.05, 0) is 49.4 Å². The van der Waals surface area contributed by atoms with E-state index in [1.54, 1.807) is 0 Å². The fourth-order valence-electron chi connectivity index (χ4n) is 3.52. The molecule has 1 atom stereocenters.